The van der Waals surface area contributed by atoms with Gasteiger partial charge >= 0.3 is 0 Å². The van der Waals surface area contributed by atoms with E-state index in [0.717, 1.165) is 23.7 Å². The van der Waals surface area contributed by atoms with E-state index >= 15 is 0 Å². The number of fused-ring (bicyclic) bond motifs is 1. The van der Waals surface area contributed by atoms with Crippen LogP contribution in [0.15, 0.2) is 30.5 Å². The van der Waals surface area contributed by atoms with Crippen LogP contribution >= 0.6 is 11.6 Å². The predicted molar refractivity (Wildman–Crippen MR) is 81.7 cm³/mol. The van der Waals surface area contributed by atoms with Crippen molar-refractivity contribution in [3.05, 3.63) is 52.3 Å². The predicted octanol–water partition coefficient (Wildman–Crippen LogP) is 3.49. The number of benzene rings is 1. The monoisotopic (exact) mass is 289 g/mol. The number of nitrogens with one attached hydrogen (secondary N) is 1. The number of aromatic nitrogens is 2. The van der Waals surface area contributed by atoms with Gasteiger partial charge in [0.15, 0.2) is 0 Å². The van der Waals surface area contributed by atoms with Crippen LogP contribution in [0.1, 0.15) is 36.7 Å². The summed E-state index contributed by atoms with van der Waals surface area (Å²) in [4.78, 5) is 0. The highest BCUT2D eigenvalue weighted by Gasteiger charge is 2.38. The molecule has 1 unspecified atom stereocenters. The van der Waals surface area contributed by atoms with E-state index in [-0.39, 0.29) is 5.41 Å². The quantitative estimate of drug-likeness (QED) is 0.937. The molecule has 0 amide bonds. The van der Waals surface area contributed by atoms with E-state index in [1.807, 2.05) is 30.1 Å². The van der Waals surface area contributed by atoms with E-state index in [9.17, 15) is 0 Å². The van der Waals surface area contributed by atoms with Gasteiger partial charge in [-0.2, -0.15) is 5.10 Å². The molecule has 1 aliphatic carbocycles. The molecule has 0 spiro atoms. The van der Waals surface area contributed by atoms with Crippen LogP contribution < -0.4 is 5.32 Å². The zero-order chi connectivity index (χ0) is 14.3. The molecule has 2 aromatic rings. The highest BCUT2D eigenvalue weighted by molar-refractivity contribution is 6.30. The van der Waals surface area contributed by atoms with Gasteiger partial charge in [-0.05, 0) is 41.2 Å². The summed E-state index contributed by atoms with van der Waals surface area (Å²) in [5.74, 6) is 0. The first-order valence-electron chi connectivity index (χ1n) is 6.96. The summed E-state index contributed by atoms with van der Waals surface area (Å²) in [6, 6.07) is 8.60. The van der Waals surface area contributed by atoms with Crippen molar-refractivity contribution in [2.24, 2.45) is 12.5 Å². The highest BCUT2D eigenvalue weighted by Crippen LogP contribution is 2.45. The maximum Gasteiger partial charge on any atom is 0.0762 e. The summed E-state index contributed by atoms with van der Waals surface area (Å²) in [7, 11) is 1.94. The zero-order valence-electron chi connectivity index (χ0n) is 12.2. The van der Waals surface area contributed by atoms with E-state index in [0.29, 0.717) is 6.04 Å². The SMILES string of the molecule is Cn1ccc(CNC2c3cc(Cl)ccc3CC2(C)C)n1. The van der Waals surface area contributed by atoms with Crippen LogP contribution in [0.3, 0.4) is 0 Å². The molecular weight excluding hydrogens is 270 g/mol. The van der Waals surface area contributed by atoms with Crippen molar-refractivity contribution < 1.29 is 0 Å². The number of aryl methyl sites for hydroxylation is 1. The molecule has 1 aromatic carbocycles. The summed E-state index contributed by atoms with van der Waals surface area (Å²) in [5, 5.41) is 8.88. The van der Waals surface area contributed by atoms with Crippen LogP contribution in [-0.2, 0) is 20.0 Å². The Labute approximate surface area is 124 Å². The first kappa shape index (κ1) is 13.7. The fourth-order valence-electron chi connectivity index (χ4n) is 3.16. The number of nitrogens with zero attached hydrogens (tertiary/aromatic N) is 2. The van der Waals surface area contributed by atoms with Gasteiger partial charge in [0, 0.05) is 30.9 Å². The Balaban J connectivity index is 1.83. The molecule has 0 aliphatic heterocycles. The maximum absolute atomic E-state index is 6.16. The minimum absolute atomic E-state index is 0.196. The zero-order valence-corrected chi connectivity index (χ0v) is 12.9. The Kier molecular flexibility index (Phi) is 3.35. The van der Waals surface area contributed by atoms with Crippen LogP contribution in [-0.4, -0.2) is 9.78 Å². The topological polar surface area (TPSA) is 29.9 Å². The maximum atomic E-state index is 6.16. The van der Waals surface area contributed by atoms with E-state index in [1.165, 1.54) is 11.1 Å². The van der Waals surface area contributed by atoms with Crippen molar-refractivity contribution in [1.82, 2.24) is 15.1 Å². The molecule has 106 valence electrons. The van der Waals surface area contributed by atoms with Crippen molar-refractivity contribution in [2.45, 2.75) is 32.9 Å². The average molecular weight is 290 g/mol. The van der Waals surface area contributed by atoms with Gasteiger partial charge in [-0.15, -0.1) is 0 Å². The van der Waals surface area contributed by atoms with Gasteiger partial charge in [0.2, 0.25) is 0 Å². The van der Waals surface area contributed by atoms with Crippen LogP contribution in [0.25, 0.3) is 0 Å². The minimum atomic E-state index is 0.196. The number of halogens is 1. The van der Waals surface area contributed by atoms with Crippen molar-refractivity contribution in [1.29, 1.82) is 0 Å². The van der Waals surface area contributed by atoms with Gasteiger partial charge in [-0.1, -0.05) is 31.5 Å². The van der Waals surface area contributed by atoms with Crippen molar-refractivity contribution >= 4 is 11.6 Å². The molecule has 0 fully saturated rings. The van der Waals surface area contributed by atoms with Crippen molar-refractivity contribution in [2.75, 3.05) is 0 Å². The molecule has 1 atom stereocenters. The lowest BCUT2D eigenvalue weighted by Crippen LogP contribution is -2.30. The number of hydrogen-bond donors (Lipinski definition) is 1. The van der Waals surface area contributed by atoms with E-state index in [1.54, 1.807) is 0 Å². The van der Waals surface area contributed by atoms with E-state index in [2.05, 4.69) is 36.4 Å². The van der Waals surface area contributed by atoms with E-state index in [4.69, 9.17) is 11.6 Å². The third kappa shape index (κ3) is 2.48. The third-order valence-electron chi connectivity index (χ3n) is 4.10. The third-order valence-corrected chi connectivity index (χ3v) is 4.34. The normalized spacial score (nSPS) is 20.1. The van der Waals surface area contributed by atoms with Crippen LogP contribution in [0.2, 0.25) is 5.02 Å². The van der Waals surface area contributed by atoms with Gasteiger partial charge in [0.05, 0.1) is 5.69 Å². The van der Waals surface area contributed by atoms with Gasteiger partial charge in [0.1, 0.15) is 0 Å². The summed E-state index contributed by atoms with van der Waals surface area (Å²) in [6.45, 7) is 5.38. The Hall–Kier alpha value is -1.32. The lowest BCUT2D eigenvalue weighted by atomic mass is 9.85. The second-order valence-electron chi connectivity index (χ2n) is 6.30. The second kappa shape index (κ2) is 4.90. The molecule has 3 rings (SSSR count). The highest BCUT2D eigenvalue weighted by atomic mass is 35.5. The molecule has 4 heteroatoms. The molecule has 0 saturated heterocycles. The van der Waals surface area contributed by atoms with E-state index < -0.39 is 0 Å². The Morgan fingerprint density at radius 3 is 2.90 bits per heavy atom. The molecule has 20 heavy (non-hydrogen) atoms. The Bertz CT molecular complexity index is 630. The molecule has 0 saturated carbocycles. The minimum Gasteiger partial charge on any atom is -0.304 e. The van der Waals surface area contributed by atoms with Crippen LogP contribution in [0, 0.1) is 5.41 Å². The first-order valence-corrected chi connectivity index (χ1v) is 7.34. The summed E-state index contributed by atoms with van der Waals surface area (Å²) >= 11 is 6.16. The fraction of sp³-hybridized carbons (Fsp3) is 0.438. The Morgan fingerprint density at radius 1 is 1.40 bits per heavy atom. The number of rotatable bonds is 3. The molecular formula is C16H20ClN3. The molecule has 1 N–H and O–H groups in total. The molecule has 0 bridgehead atoms. The van der Waals surface area contributed by atoms with Crippen LogP contribution in [0.5, 0.6) is 0 Å². The average Bonchev–Trinajstić information content (AvgIpc) is 2.87. The lowest BCUT2D eigenvalue weighted by Gasteiger charge is -2.28. The van der Waals surface area contributed by atoms with Gasteiger partial charge in [0.25, 0.3) is 0 Å². The summed E-state index contributed by atoms with van der Waals surface area (Å²) in [6.07, 6.45) is 3.06. The van der Waals surface area contributed by atoms with Gasteiger partial charge in [-0.25, -0.2) is 0 Å². The molecule has 1 heterocycles. The smallest absolute Gasteiger partial charge is 0.0762 e. The van der Waals surface area contributed by atoms with Gasteiger partial charge in [-0.3, -0.25) is 4.68 Å². The standard InChI is InChI=1S/C16H20ClN3/c1-16(2)9-11-4-5-12(17)8-14(11)15(16)18-10-13-6-7-20(3)19-13/h4-8,15,18H,9-10H2,1-3H3. The second-order valence-corrected chi connectivity index (χ2v) is 6.74. The van der Waals surface area contributed by atoms with Crippen molar-refractivity contribution in [3.8, 4) is 0 Å². The van der Waals surface area contributed by atoms with Crippen LogP contribution in [0.4, 0.5) is 0 Å². The lowest BCUT2D eigenvalue weighted by molar-refractivity contribution is 0.267. The number of hydrogen-bond acceptors (Lipinski definition) is 2. The largest absolute Gasteiger partial charge is 0.304 e. The Morgan fingerprint density at radius 2 is 2.20 bits per heavy atom. The molecule has 3 nitrogen and oxygen atoms in total. The summed E-state index contributed by atoms with van der Waals surface area (Å²) in [5.41, 5.74) is 4.00. The molecule has 0 radical (unpaired) electrons. The fourth-order valence-corrected chi connectivity index (χ4v) is 3.34. The van der Waals surface area contributed by atoms with Gasteiger partial charge < -0.3 is 5.32 Å². The van der Waals surface area contributed by atoms with Crippen molar-refractivity contribution in [3.63, 3.8) is 0 Å². The first-order chi connectivity index (χ1) is 9.45. The molecule has 1 aliphatic rings. The molecule has 1 aromatic heterocycles. The summed E-state index contributed by atoms with van der Waals surface area (Å²) < 4.78 is 1.83.